The van der Waals surface area contributed by atoms with Gasteiger partial charge in [-0.1, -0.05) is 51.6 Å². The summed E-state index contributed by atoms with van der Waals surface area (Å²) in [5.74, 6) is 2.06. The Kier molecular flexibility index (Phi) is 7.55. The van der Waals surface area contributed by atoms with E-state index in [2.05, 4.69) is 64.8 Å². The second-order valence-electron chi connectivity index (χ2n) is 8.00. The molecule has 0 radical (unpaired) electrons. The molecule has 0 bridgehead atoms. The molecule has 1 amide bonds. The molecule has 8 heteroatoms. The summed E-state index contributed by atoms with van der Waals surface area (Å²) in [5.41, 5.74) is 2.08. The summed E-state index contributed by atoms with van der Waals surface area (Å²) >= 11 is 1.43. The Hall–Kier alpha value is -2.06. The Bertz CT molecular complexity index is 798. The molecule has 0 spiro atoms. The van der Waals surface area contributed by atoms with E-state index in [0.717, 1.165) is 36.4 Å². The van der Waals surface area contributed by atoms with Crippen LogP contribution in [0.4, 0.5) is 11.6 Å². The highest BCUT2D eigenvalue weighted by molar-refractivity contribution is 7.99. The van der Waals surface area contributed by atoms with Gasteiger partial charge in [0, 0.05) is 25.3 Å². The molecule has 1 N–H and O–H groups in total. The highest BCUT2D eigenvalue weighted by atomic mass is 32.2. The first-order valence-corrected chi connectivity index (χ1v) is 11.2. The third-order valence-electron chi connectivity index (χ3n) is 4.73. The van der Waals surface area contributed by atoms with Crippen LogP contribution in [0.2, 0.25) is 0 Å². The number of anilines is 2. The summed E-state index contributed by atoms with van der Waals surface area (Å²) in [6, 6.07) is 8.02. The van der Waals surface area contributed by atoms with Gasteiger partial charge in [0.05, 0.1) is 19.0 Å². The van der Waals surface area contributed by atoms with E-state index >= 15 is 0 Å². The van der Waals surface area contributed by atoms with Crippen molar-refractivity contribution in [2.24, 2.45) is 5.92 Å². The number of nitrogens with zero attached hydrogens (tertiary/aromatic N) is 4. The second-order valence-corrected chi connectivity index (χ2v) is 8.94. The number of morpholine rings is 1. The first-order chi connectivity index (χ1) is 13.9. The molecule has 158 valence electrons. The van der Waals surface area contributed by atoms with Crippen LogP contribution in [0.3, 0.4) is 0 Å². The monoisotopic (exact) mass is 417 g/mol. The second kappa shape index (κ2) is 10.1. The maximum atomic E-state index is 12.4. The molecule has 1 saturated heterocycles. The highest BCUT2D eigenvalue weighted by Crippen LogP contribution is 2.24. The molecule has 2 heterocycles. The van der Waals surface area contributed by atoms with Gasteiger partial charge in [-0.2, -0.15) is 0 Å². The number of aromatic nitrogens is 3. The zero-order chi connectivity index (χ0) is 20.8. The molecular formula is C21H31N5O2S. The Morgan fingerprint density at radius 1 is 1.14 bits per heavy atom. The van der Waals surface area contributed by atoms with Gasteiger partial charge in [-0.3, -0.25) is 9.36 Å². The Morgan fingerprint density at radius 3 is 2.45 bits per heavy atom. The van der Waals surface area contributed by atoms with E-state index in [9.17, 15) is 4.79 Å². The van der Waals surface area contributed by atoms with Gasteiger partial charge < -0.3 is 15.0 Å². The smallest absolute Gasteiger partial charge is 0.234 e. The number of hydrogen-bond donors (Lipinski definition) is 1. The Morgan fingerprint density at radius 2 is 1.83 bits per heavy atom. The third-order valence-corrected chi connectivity index (χ3v) is 5.70. The van der Waals surface area contributed by atoms with Crippen LogP contribution < -0.4 is 10.2 Å². The van der Waals surface area contributed by atoms with Gasteiger partial charge in [0.25, 0.3) is 0 Å². The lowest BCUT2D eigenvalue weighted by Crippen LogP contribution is -2.38. The standard InChI is InChI=1S/C21H31N5O2S/c1-15(2)13-26-20(25-9-11-28-12-10-25)23-24-21(26)29-14-19(27)22-18-7-5-17(6-8-18)16(3)4/h5-8,15-16H,9-14H2,1-4H3,(H,22,27). The molecule has 1 aliphatic heterocycles. The summed E-state index contributed by atoms with van der Waals surface area (Å²) in [4.78, 5) is 14.6. The van der Waals surface area contributed by atoms with Crippen LogP contribution in [0.1, 0.15) is 39.2 Å². The largest absolute Gasteiger partial charge is 0.378 e. The molecule has 0 unspecified atom stereocenters. The van der Waals surface area contributed by atoms with Gasteiger partial charge in [-0.15, -0.1) is 10.2 Å². The number of rotatable bonds is 8. The summed E-state index contributed by atoms with van der Waals surface area (Å²) in [5, 5.41) is 12.5. The minimum Gasteiger partial charge on any atom is -0.378 e. The number of nitrogens with one attached hydrogen (secondary N) is 1. The highest BCUT2D eigenvalue weighted by Gasteiger charge is 2.21. The Labute approximate surface area is 177 Å². The molecular weight excluding hydrogens is 386 g/mol. The van der Waals surface area contributed by atoms with Crippen LogP contribution in [0.5, 0.6) is 0 Å². The molecule has 29 heavy (non-hydrogen) atoms. The van der Waals surface area contributed by atoms with Crippen molar-refractivity contribution < 1.29 is 9.53 Å². The fourth-order valence-corrected chi connectivity index (χ4v) is 3.93. The summed E-state index contributed by atoms with van der Waals surface area (Å²) < 4.78 is 7.58. The van der Waals surface area contributed by atoms with Crippen molar-refractivity contribution in [1.29, 1.82) is 0 Å². The molecule has 0 atom stereocenters. The maximum Gasteiger partial charge on any atom is 0.234 e. The van der Waals surface area contributed by atoms with Crippen molar-refractivity contribution in [2.45, 2.75) is 45.3 Å². The molecule has 0 aliphatic carbocycles. The zero-order valence-corrected chi connectivity index (χ0v) is 18.5. The van der Waals surface area contributed by atoms with E-state index in [1.807, 2.05) is 12.1 Å². The number of ether oxygens (including phenoxy) is 1. The average Bonchev–Trinajstić information content (AvgIpc) is 3.09. The van der Waals surface area contributed by atoms with Gasteiger partial charge in [0.1, 0.15) is 0 Å². The van der Waals surface area contributed by atoms with Crippen LogP contribution in [0.25, 0.3) is 0 Å². The zero-order valence-electron chi connectivity index (χ0n) is 17.7. The van der Waals surface area contributed by atoms with E-state index < -0.39 is 0 Å². The molecule has 3 rings (SSSR count). The SMILES string of the molecule is CC(C)Cn1c(SCC(=O)Nc2ccc(C(C)C)cc2)nnc1N1CCOCC1. The lowest BCUT2D eigenvalue weighted by Gasteiger charge is -2.28. The summed E-state index contributed by atoms with van der Waals surface area (Å²) in [7, 11) is 0. The third kappa shape index (κ3) is 5.96. The van der Waals surface area contributed by atoms with Crippen LogP contribution in [0.15, 0.2) is 29.4 Å². The summed E-state index contributed by atoms with van der Waals surface area (Å²) in [6.45, 7) is 12.5. The van der Waals surface area contributed by atoms with E-state index in [1.165, 1.54) is 17.3 Å². The van der Waals surface area contributed by atoms with Crippen molar-refractivity contribution in [1.82, 2.24) is 14.8 Å². The lowest BCUT2D eigenvalue weighted by molar-refractivity contribution is -0.113. The van der Waals surface area contributed by atoms with Gasteiger partial charge in [-0.05, 0) is 29.5 Å². The van der Waals surface area contributed by atoms with Crippen LogP contribution >= 0.6 is 11.8 Å². The van der Waals surface area contributed by atoms with E-state index in [1.54, 1.807) is 0 Å². The number of amides is 1. The number of carbonyl (C=O) groups excluding carboxylic acids is 1. The molecule has 7 nitrogen and oxygen atoms in total. The average molecular weight is 418 g/mol. The lowest BCUT2D eigenvalue weighted by atomic mass is 10.0. The first kappa shape index (κ1) is 21.6. The topological polar surface area (TPSA) is 72.3 Å². The molecule has 1 aliphatic rings. The van der Waals surface area contributed by atoms with Crippen molar-refractivity contribution in [3.05, 3.63) is 29.8 Å². The minimum atomic E-state index is -0.0423. The van der Waals surface area contributed by atoms with Crippen LogP contribution in [0, 0.1) is 5.92 Å². The van der Waals surface area contributed by atoms with E-state index in [4.69, 9.17) is 4.74 Å². The fraction of sp³-hybridized carbons (Fsp3) is 0.571. The quantitative estimate of drug-likeness (QED) is 0.662. The fourth-order valence-electron chi connectivity index (χ4n) is 3.19. The van der Waals surface area contributed by atoms with Crippen LogP contribution in [-0.4, -0.2) is 52.7 Å². The van der Waals surface area contributed by atoms with Crippen LogP contribution in [-0.2, 0) is 16.1 Å². The van der Waals surface area contributed by atoms with E-state index in [-0.39, 0.29) is 5.91 Å². The van der Waals surface area contributed by atoms with Crippen molar-refractivity contribution >= 4 is 29.3 Å². The number of hydrogen-bond acceptors (Lipinski definition) is 6. The van der Waals surface area contributed by atoms with Gasteiger partial charge in [0.15, 0.2) is 5.16 Å². The van der Waals surface area contributed by atoms with Gasteiger partial charge in [-0.25, -0.2) is 0 Å². The molecule has 1 aromatic heterocycles. The molecule has 1 aromatic carbocycles. The predicted molar refractivity (Wildman–Crippen MR) is 118 cm³/mol. The number of thioether (sulfide) groups is 1. The van der Waals surface area contributed by atoms with Gasteiger partial charge in [0.2, 0.25) is 11.9 Å². The predicted octanol–water partition coefficient (Wildman–Crippen LogP) is 3.62. The van der Waals surface area contributed by atoms with Crippen molar-refractivity contribution in [3.63, 3.8) is 0 Å². The minimum absolute atomic E-state index is 0.0423. The van der Waals surface area contributed by atoms with Crippen molar-refractivity contribution in [2.75, 3.05) is 42.3 Å². The number of carbonyl (C=O) groups is 1. The molecule has 1 fully saturated rings. The molecule has 2 aromatic rings. The first-order valence-electron chi connectivity index (χ1n) is 10.2. The Balaban J connectivity index is 1.62. The summed E-state index contributed by atoms with van der Waals surface area (Å²) in [6.07, 6.45) is 0. The molecule has 0 saturated carbocycles. The van der Waals surface area contributed by atoms with Crippen molar-refractivity contribution in [3.8, 4) is 0 Å². The van der Waals surface area contributed by atoms with E-state index in [0.29, 0.717) is 30.8 Å². The normalized spacial score (nSPS) is 14.6. The van der Waals surface area contributed by atoms with Gasteiger partial charge >= 0.3 is 0 Å². The number of benzene rings is 1. The maximum absolute atomic E-state index is 12.4.